The third kappa shape index (κ3) is 6.38. The van der Waals surface area contributed by atoms with Crippen LogP contribution in [0.25, 0.3) is 21.8 Å². The molecule has 4 saturated carbocycles. The summed E-state index contributed by atoms with van der Waals surface area (Å²) in [6.45, 7) is 8.83. The van der Waals surface area contributed by atoms with Gasteiger partial charge in [0.2, 0.25) is 11.8 Å². The fraction of sp³-hybridized carbons (Fsp3) is 0.609. The molecule has 6 heterocycles. The normalized spacial score (nSPS) is 33.2. The molecule has 54 heavy (non-hydrogen) atoms. The highest BCUT2D eigenvalue weighted by molar-refractivity contribution is 5.86. The number of fused-ring (bicyclic) bond motifs is 2. The van der Waals surface area contributed by atoms with E-state index in [0.29, 0.717) is 49.4 Å². The number of rotatable bonds is 8. The van der Waals surface area contributed by atoms with Crippen LogP contribution in [0.2, 0.25) is 0 Å². The van der Waals surface area contributed by atoms with Gasteiger partial charge in [-0.3, -0.25) is 9.59 Å². The number of para-hydroxylation sites is 2. The molecule has 8 aliphatic rings. The fourth-order valence-corrected chi connectivity index (χ4v) is 12.7. The van der Waals surface area contributed by atoms with Crippen molar-refractivity contribution in [3.8, 4) is 0 Å². The van der Waals surface area contributed by atoms with Crippen molar-refractivity contribution >= 4 is 33.6 Å². The number of carbonyl (C=O) groups is 2. The van der Waals surface area contributed by atoms with Crippen molar-refractivity contribution in [2.24, 2.45) is 23.7 Å². The number of nitrogens with zero attached hydrogens (tertiary/aromatic N) is 2. The minimum absolute atomic E-state index is 0.129. The van der Waals surface area contributed by atoms with Gasteiger partial charge in [-0.05, 0) is 110 Å². The second kappa shape index (κ2) is 13.5. The third-order valence-electron chi connectivity index (χ3n) is 14.8. The van der Waals surface area contributed by atoms with Crippen molar-refractivity contribution in [2.75, 3.05) is 0 Å². The Hall–Kier alpha value is -3.65. The van der Waals surface area contributed by atoms with E-state index in [2.05, 4.69) is 96.3 Å². The molecule has 4 aliphatic heterocycles. The number of carbonyl (C=O) groups excluding carboxylic acids is 2. The van der Waals surface area contributed by atoms with Crippen LogP contribution in [-0.4, -0.2) is 72.1 Å². The first kappa shape index (κ1) is 36.0. The molecule has 3 N–H and O–H groups in total. The summed E-state index contributed by atoms with van der Waals surface area (Å²) in [6, 6.07) is 17.4. The first-order valence-electron chi connectivity index (χ1n) is 21.0. The van der Waals surface area contributed by atoms with Gasteiger partial charge in [0.1, 0.15) is 5.67 Å². The molecule has 2 amide bonds. The van der Waals surface area contributed by atoms with Crippen LogP contribution in [0, 0.1) is 23.7 Å². The molecule has 12 rings (SSSR count). The molecule has 6 unspecified atom stereocenters. The lowest BCUT2D eigenvalue weighted by Gasteiger charge is -2.59. The number of aromatic amines is 2. The number of halogens is 1. The lowest BCUT2D eigenvalue weighted by atomic mass is 9.61. The summed E-state index contributed by atoms with van der Waals surface area (Å²) in [5, 5.41) is 13.2. The average molecular weight is 735 g/mol. The Bertz CT molecular complexity index is 1860. The fourth-order valence-electron chi connectivity index (χ4n) is 12.7. The molecule has 0 spiro atoms. The molecule has 8 bridgehead atoms. The number of hydrogen-bond donors (Lipinski definition) is 3. The van der Waals surface area contributed by atoms with Crippen LogP contribution in [0.5, 0.6) is 0 Å². The van der Waals surface area contributed by atoms with Gasteiger partial charge in [0.15, 0.2) is 0 Å². The zero-order chi connectivity index (χ0) is 37.5. The molecule has 2 aromatic carbocycles. The predicted octanol–water partition coefficient (Wildman–Crippen LogP) is 9.38. The van der Waals surface area contributed by atoms with Crippen LogP contribution in [0.4, 0.5) is 4.39 Å². The number of piperidine rings is 4. The van der Waals surface area contributed by atoms with Gasteiger partial charge in [-0.2, -0.15) is 0 Å². The second-order valence-corrected chi connectivity index (χ2v) is 19.2. The summed E-state index contributed by atoms with van der Waals surface area (Å²) in [5.74, 6) is 2.80. The van der Waals surface area contributed by atoms with Gasteiger partial charge in [-0.15, -0.1) is 0 Å². The number of nitrogens with one attached hydrogen (secondary N) is 2. The largest absolute Gasteiger partial charge is 0.390 e. The van der Waals surface area contributed by atoms with Crippen LogP contribution in [0.15, 0.2) is 60.9 Å². The molecular formula is C46H59FN4O3. The Morgan fingerprint density at radius 3 is 1.48 bits per heavy atom. The smallest absolute Gasteiger partial charge is 0.223 e. The Balaban J connectivity index is 0.000000142. The van der Waals surface area contributed by atoms with Gasteiger partial charge < -0.3 is 24.9 Å². The van der Waals surface area contributed by atoms with Crippen molar-refractivity contribution in [2.45, 2.75) is 152 Å². The number of aromatic nitrogens is 2. The Morgan fingerprint density at radius 2 is 1.07 bits per heavy atom. The molecule has 0 radical (unpaired) electrons. The van der Waals surface area contributed by atoms with Crippen molar-refractivity contribution in [3.63, 3.8) is 0 Å². The van der Waals surface area contributed by atoms with Crippen LogP contribution in [0.1, 0.15) is 128 Å². The number of amides is 2. The Labute approximate surface area is 319 Å². The monoisotopic (exact) mass is 734 g/mol. The van der Waals surface area contributed by atoms with E-state index in [4.69, 9.17) is 0 Å². The SMILES string of the molecule is CC(C)C(CC(=O)N1C2CC3CC1CC(F)(C3)C2)c1c[nH]c2ccccc12.CC(C)C(CC(=O)N1C2CC3CC1CC(O)(C3)C2)c1c[nH]c2ccccc12. The molecule has 288 valence electrons. The standard InChI is InChI=1S/C23H29FN2O.C23H30N2O2/c1-14(2)19(20-13-25-21-6-4-3-5-18(20)21)9-22(27)26-16-7-15-8-17(26)12-23(24,10-15)11-16;1-14(2)19(20-13-24-21-6-4-3-5-18(20)21)9-22(26)25-16-7-15-8-17(25)12-23(27,10-15)11-16/h3-6,13-17,19,25H,7-12H2,1-2H3;3-6,13-17,19,24,27H,7-12H2,1-2H3. The van der Waals surface area contributed by atoms with E-state index < -0.39 is 11.3 Å². The molecule has 7 nitrogen and oxygen atoms in total. The summed E-state index contributed by atoms with van der Waals surface area (Å²) < 4.78 is 15.0. The maximum Gasteiger partial charge on any atom is 0.223 e. The number of hydrogen-bond acceptors (Lipinski definition) is 3. The maximum atomic E-state index is 15.0. The van der Waals surface area contributed by atoms with E-state index in [9.17, 15) is 19.1 Å². The van der Waals surface area contributed by atoms with Crippen LogP contribution in [0.3, 0.4) is 0 Å². The summed E-state index contributed by atoms with van der Waals surface area (Å²) in [5.41, 5.74) is 3.27. The first-order valence-corrected chi connectivity index (χ1v) is 21.0. The molecule has 8 heteroatoms. The minimum atomic E-state index is -0.998. The summed E-state index contributed by atoms with van der Waals surface area (Å²) >= 11 is 0. The van der Waals surface area contributed by atoms with Gasteiger partial charge in [0, 0.05) is 84.1 Å². The number of H-pyrrole nitrogens is 2. The first-order chi connectivity index (χ1) is 25.9. The van der Waals surface area contributed by atoms with E-state index in [-0.39, 0.29) is 47.8 Å². The van der Waals surface area contributed by atoms with Gasteiger partial charge >= 0.3 is 0 Å². The second-order valence-electron chi connectivity index (χ2n) is 19.2. The average Bonchev–Trinajstić information content (AvgIpc) is 3.72. The number of benzene rings is 2. The van der Waals surface area contributed by atoms with Crippen molar-refractivity contribution in [1.29, 1.82) is 0 Å². The summed E-state index contributed by atoms with van der Waals surface area (Å²) in [6.07, 6.45) is 13.8. The van der Waals surface area contributed by atoms with E-state index in [1.54, 1.807) is 0 Å². The van der Waals surface area contributed by atoms with E-state index in [0.717, 1.165) is 62.4 Å². The van der Waals surface area contributed by atoms with Gasteiger partial charge in [-0.25, -0.2) is 4.39 Å². The highest BCUT2D eigenvalue weighted by Gasteiger charge is 2.57. The molecular weight excluding hydrogens is 676 g/mol. The topological polar surface area (TPSA) is 92.4 Å². The Kier molecular flexibility index (Phi) is 9.02. The van der Waals surface area contributed by atoms with Gasteiger partial charge in [0.25, 0.3) is 0 Å². The van der Waals surface area contributed by atoms with Crippen LogP contribution in [-0.2, 0) is 9.59 Å². The highest BCUT2D eigenvalue weighted by atomic mass is 19.1. The molecule has 8 fully saturated rings. The number of alkyl halides is 1. The van der Waals surface area contributed by atoms with Crippen molar-refractivity contribution in [1.82, 2.24) is 19.8 Å². The maximum absolute atomic E-state index is 15.0. The minimum Gasteiger partial charge on any atom is -0.390 e. The van der Waals surface area contributed by atoms with Gasteiger partial charge in [0.05, 0.1) is 5.60 Å². The van der Waals surface area contributed by atoms with Crippen molar-refractivity contribution in [3.05, 3.63) is 72.1 Å². The van der Waals surface area contributed by atoms with Crippen molar-refractivity contribution < 1.29 is 19.1 Å². The molecule has 4 saturated heterocycles. The summed E-state index contributed by atoms with van der Waals surface area (Å²) in [7, 11) is 0. The Morgan fingerprint density at radius 1 is 0.667 bits per heavy atom. The number of aliphatic hydroxyl groups is 1. The quantitative estimate of drug-likeness (QED) is 0.169. The summed E-state index contributed by atoms with van der Waals surface area (Å²) in [4.78, 5) is 37.8. The zero-order valence-electron chi connectivity index (χ0n) is 32.6. The molecule has 4 aromatic rings. The van der Waals surface area contributed by atoms with E-state index in [1.165, 1.54) is 21.9 Å². The van der Waals surface area contributed by atoms with Crippen LogP contribution < -0.4 is 0 Å². The lowest BCUT2D eigenvalue weighted by Crippen LogP contribution is -2.65. The molecule has 2 aromatic heterocycles. The van der Waals surface area contributed by atoms with Gasteiger partial charge in [-0.1, -0.05) is 64.1 Å². The predicted molar refractivity (Wildman–Crippen MR) is 212 cm³/mol. The molecule has 6 atom stereocenters. The van der Waals surface area contributed by atoms with Crippen LogP contribution >= 0.6 is 0 Å². The third-order valence-corrected chi connectivity index (χ3v) is 14.8. The van der Waals surface area contributed by atoms with E-state index in [1.807, 2.05) is 12.1 Å². The van der Waals surface area contributed by atoms with E-state index >= 15 is 0 Å². The molecule has 4 aliphatic carbocycles. The highest BCUT2D eigenvalue weighted by Crippen LogP contribution is 2.54. The lowest BCUT2D eigenvalue weighted by molar-refractivity contribution is -0.175. The zero-order valence-corrected chi connectivity index (χ0v) is 32.6.